The van der Waals surface area contributed by atoms with Crippen LogP contribution in [0.15, 0.2) is 54.9 Å². The first-order valence-electron chi connectivity index (χ1n) is 8.81. The Kier molecular flexibility index (Phi) is 5.49. The minimum absolute atomic E-state index is 0.106. The van der Waals surface area contributed by atoms with Crippen molar-refractivity contribution in [2.24, 2.45) is 0 Å². The molecule has 4 rings (SSSR count). The average molecular weight is 436 g/mol. The smallest absolute Gasteiger partial charge is 0.255 e. The molecule has 5 nitrogen and oxygen atoms in total. The molecule has 28 heavy (non-hydrogen) atoms. The quantitative estimate of drug-likeness (QED) is 0.594. The van der Waals surface area contributed by atoms with Crippen LogP contribution in [0, 0.1) is 0 Å². The fraction of sp³-hybridized carbons (Fsp3) is 0.200. The molecular weight excluding hydrogens is 419 g/mol. The summed E-state index contributed by atoms with van der Waals surface area (Å²) in [7, 11) is 0. The summed E-state index contributed by atoms with van der Waals surface area (Å²) in [6, 6.07) is 12.6. The molecule has 2 aromatic carbocycles. The minimum Gasteiger partial charge on any atom is -0.338 e. The van der Waals surface area contributed by atoms with Crippen molar-refractivity contribution >= 4 is 46.7 Å². The molecule has 2 heterocycles. The number of benzene rings is 2. The van der Waals surface area contributed by atoms with E-state index in [-0.39, 0.29) is 5.91 Å². The molecule has 0 radical (unpaired) electrons. The van der Waals surface area contributed by atoms with E-state index in [4.69, 9.17) is 34.8 Å². The third-order valence-corrected chi connectivity index (χ3v) is 5.52. The Hall–Kier alpha value is -2.21. The van der Waals surface area contributed by atoms with Gasteiger partial charge in [0, 0.05) is 54.3 Å². The fourth-order valence-electron chi connectivity index (χ4n) is 3.30. The lowest BCUT2D eigenvalue weighted by Gasteiger charge is -2.35. The molecule has 0 saturated carbocycles. The maximum absolute atomic E-state index is 12.8. The van der Waals surface area contributed by atoms with Crippen molar-refractivity contribution in [3.05, 3.63) is 75.5 Å². The first-order chi connectivity index (χ1) is 13.5. The third kappa shape index (κ3) is 3.83. The summed E-state index contributed by atoms with van der Waals surface area (Å²) in [5, 5.41) is 1.58. The molecular formula is C20H17Cl3N4O. The van der Waals surface area contributed by atoms with E-state index >= 15 is 0 Å². The first-order valence-corrected chi connectivity index (χ1v) is 9.95. The molecule has 1 fully saturated rings. The van der Waals surface area contributed by atoms with Gasteiger partial charge in [-0.3, -0.25) is 9.36 Å². The Bertz CT molecular complexity index is 1010. The number of imidazole rings is 1. The summed E-state index contributed by atoms with van der Waals surface area (Å²) >= 11 is 18.3. The van der Waals surface area contributed by atoms with Crippen molar-refractivity contribution in [1.29, 1.82) is 0 Å². The van der Waals surface area contributed by atoms with Crippen molar-refractivity contribution < 1.29 is 4.79 Å². The van der Waals surface area contributed by atoms with Crippen molar-refractivity contribution in [3.8, 4) is 5.69 Å². The van der Waals surface area contributed by atoms with Gasteiger partial charge in [-0.25, -0.2) is 4.98 Å². The summed E-state index contributed by atoms with van der Waals surface area (Å²) < 4.78 is 2.00. The number of hydrogen-bond acceptors (Lipinski definition) is 3. The molecule has 0 aliphatic carbocycles. The van der Waals surface area contributed by atoms with Gasteiger partial charge in [0.25, 0.3) is 5.91 Å². The Labute approximate surface area is 178 Å². The third-order valence-electron chi connectivity index (χ3n) is 4.72. The lowest BCUT2D eigenvalue weighted by atomic mass is 10.2. The van der Waals surface area contributed by atoms with E-state index in [0.717, 1.165) is 11.6 Å². The number of nitrogens with zero attached hydrogens (tertiary/aromatic N) is 4. The van der Waals surface area contributed by atoms with E-state index in [1.54, 1.807) is 29.3 Å². The van der Waals surface area contributed by atoms with Gasteiger partial charge in [0.2, 0.25) is 5.95 Å². The maximum atomic E-state index is 12.8. The molecule has 1 aliphatic rings. The number of aromatic nitrogens is 2. The highest BCUT2D eigenvalue weighted by molar-refractivity contribution is 6.35. The van der Waals surface area contributed by atoms with Gasteiger partial charge in [-0.15, -0.1) is 0 Å². The van der Waals surface area contributed by atoms with Crippen molar-refractivity contribution in [2.45, 2.75) is 0 Å². The number of rotatable bonds is 3. The Balaban J connectivity index is 1.49. The Morgan fingerprint density at radius 1 is 0.929 bits per heavy atom. The maximum Gasteiger partial charge on any atom is 0.255 e. The van der Waals surface area contributed by atoms with Gasteiger partial charge in [-0.2, -0.15) is 0 Å². The molecule has 0 bridgehead atoms. The molecule has 1 aromatic heterocycles. The van der Waals surface area contributed by atoms with Gasteiger partial charge in [0.05, 0.1) is 10.6 Å². The van der Waals surface area contributed by atoms with Gasteiger partial charge < -0.3 is 9.80 Å². The van der Waals surface area contributed by atoms with Crippen molar-refractivity contribution in [1.82, 2.24) is 14.5 Å². The van der Waals surface area contributed by atoms with Crippen LogP contribution in [0.2, 0.25) is 15.1 Å². The summed E-state index contributed by atoms with van der Waals surface area (Å²) in [5.41, 5.74) is 1.38. The molecule has 144 valence electrons. The highest BCUT2D eigenvalue weighted by Crippen LogP contribution is 2.25. The van der Waals surface area contributed by atoms with Crippen LogP contribution in [-0.4, -0.2) is 46.5 Å². The lowest BCUT2D eigenvalue weighted by molar-refractivity contribution is 0.0746. The molecule has 0 spiro atoms. The molecule has 1 aliphatic heterocycles. The molecule has 0 atom stereocenters. The van der Waals surface area contributed by atoms with Crippen LogP contribution in [0.25, 0.3) is 5.69 Å². The summed E-state index contributed by atoms with van der Waals surface area (Å²) in [4.78, 5) is 21.3. The van der Waals surface area contributed by atoms with Gasteiger partial charge in [-0.1, -0.05) is 40.9 Å². The van der Waals surface area contributed by atoms with E-state index in [1.165, 1.54) is 0 Å². The standard InChI is InChI=1S/C20H17Cl3N4O/c21-14-2-1-3-16(12-14)27-7-6-24-20(27)26-10-8-25(9-11-26)19(28)17-13-15(22)4-5-18(17)23/h1-7,12-13H,8-11H2. The average Bonchev–Trinajstić information content (AvgIpc) is 3.19. The van der Waals surface area contributed by atoms with Crippen molar-refractivity contribution in [2.75, 3.05) is 31.1 Å². The zero-order valence-corrected chi connectivity index (χ0v) is 17.1. The van der Waals surface area contributed by atoms with Crippen LogP contribution < -0.4 is 4.90 Å². The van der Waals surface area contributed by atoms with Crippen molar-refractivity contribution in [3.63, 3.8) is 0 Å². The molecule has 8 heteroatoms. The lowest BCUT2D eigenvalue weighted by Crippen LogP contribution is -2.49. The number of carbonyl (C=O) groups excluding carboxylic acids is 1. The SMILES string of the molecule is O=C(c1cc(Cl)ccc1Cl)N1CCN(c2nccn2-c2cccc(Cl)c2)CC1. The number of piperazine rings is 1. The zero-order chi connectivity index (χ0) is 19.7. The van der Waals surface area contributed by atoms with Gasteiger partial charge >= 0.3 is 0 Å². The second kappa shape index (κ2) is 8.03. The minimum atomic E-state index is -0.106. The highest BCUT2D eigenvalue weighted by Gasteiger charge is 2.25. The predicted molar refractivity (Wildman–Crippen MR) is 113 cm³/mol. The summed E-state index contributed by atoms with van der Waals surface area (Å²) in [6.45, 7) is 2.48. The fourth-order valence-corrected chi connectivity index (χ4v) is 3.85. The Morgan fingerprint density at radius 2 is 1.68 bits per heavy atom. The molecule has 1 amide bonds. The van der Waals surface area contributed by atoms with Crippen LogP contribution in [0.4, 0.5) is 5.95 Å². The summed E-state index contributed by atoms with van der Waals surface area (Å²) in [5.74, 6) is 0.723. The number of halogens is 3. The largest absolute Gasteiger partial charge is 0.338 e. The van der Waals surface area contributed by atoms with E-state index in [9.17, 15) is 4.79 Å². The predicted octanol–water partition coefficient (Wildman–Crippen LogP) is 4.79. The van der Waals surface area contributed by atoms with E-state index in [1.807, 2.05) is 35.0 Å². The topological polar surface area (TPSA) is 41.4 Å². The monoisotopic (exact) mass is 434 g/mol. The van der Waals surface area contributed by atoms with Crippen LogP contribution >= 0.6 is 34.8 Å². The highest BCUT2D eigenvalue weighted by atomic mass is 35.5. The van der Waals surface area contributed by atoms with E-state index < -0.39 is 0 Å². The van der Waals surface area contributed by atoms with Crippen LogP contribution in [0.5, 0.6) is 0 Å². The van der Waals surface area contributed by atoms with E-state index in [0.29, 0.717) is 46.8 Å². The van der Waals surface area contributed by atoms with Crippen LogP contribution in [-0.2, 0) is 0 Å². The normalized spacial score (nSPS) is 14.4. The second-order valence-corrected chi connectivity index (χ2v) is 7.76. The van der Waals surface area contributed by atoms with E-state index in [2.05, 4.69) is 9.88 Å². The van der Waals surface area contributed by atoms with Gasteiger partial charge in [0.1, 0.15) is 0 Å². The molecule has 0 unspecified atom stereocenters. The molecule has 1 saturated heterocycles. The van der Waals surface area contributed by atoms with Gasteiger partial charge in [-0.05, 0) is 36.4 Å². The number of amides is 1. The molecule has 0 N–H and O–H groups in total. The summed E-state index contributed by atoms with van der Waals surface area (Å²) in [6.07, 6.45) is 3.67. The number of hydrogen-bond donors (Lipinski definition) is 0. The zero-order valence-electron chi connectivity index (χ0n) is 14.9. The molecule has 3 aromatic rings. The number of anilines is 1. The second-order valence-electron chi connectivity index (χ2n) is 6.48. The van der Waals surface area contributed by atoms with Crippen LogP contribution in [0.3, 0.4) is 0 Å². The first kappa shape index (κ1) is 19.1. The van der Waals surface area contributed by atoms with Gasteiger partial charge in [0.15, 0.2) is 0 Å². The number of carbonyl (C=O) groups is 1. The van der Waals surface area contributed by atoms with Crippen LogP contribution in [0.1, 0.15) is 10.4 Å². The Morgan fingerprint density at radius 3 is 2.43 bits per heavy atom.